The van der Waals surface area contributed by atoms with E-state index in [2.05, 4.69) is 5.32 Å². The van der Waals surface area contributed by atoms with Crippen molar-refractivity contribution in [3.05, 3.63) is 0 Å². The molecule has 0 aliphatic carbocycles. The average molecular weight is 218 g/mol. The maximum Gasteiger partial charge on any atom is 0.237 e. The van der Waals surface area contributed by atoms with Gasteiger partial charge in [0.25, 0.3) is 0 Å². The van der Waals surface area contributed by atoms with Crippen LogP contribution in [0.1, 0.15) is 12.8 Å². The first kappa shape index (κ1) is 14.0. The summed E-state index contributed by atoms with van der Waals surface area (Å²) in [5.74, 6) is -0.288. The van der Waals surface area contributed by atoms with Crippen LogP contribution >= 0.6 is 0 Å². The molecule has 0 bridgehead atoms. The maximum atomic E-state index is 11.2. The normalized spacial score (nSPS) is 12.1. The average Bonchev–Trinajstić information content (AvgIpc) is 2.25. The predicted octanol–water partition coefficient (Wildman–Crippen LogP) is -1.58. The number of hydrogen-bond acceptors (Lipinski definition) is 5. The number of aliphatic hydroxyl groups is 1. The Bertz CT molecular complexity index is 187. The maximum absolute atomic E-state index is 11.2. The standard InChI is InChI=1S/C9H18N2O4/c10-8(2-1-4-12)9(14)11-3-6-15-7-5-13/h4,8,13H,1-3,5-7,10H2,(H,11,14). The molecule has 0 saturated carbocycles. The van der Waals surface area contributed by atoms with E-state index in [9.17, 15) is 9.59 Å². The molecule has 1 amide bonds. The summed E-state index contributed by atoms with van der Waals surface area (Å²) in [5, 5.41) is 11.0. The minimum Gasteiger partial charge on any atom is -0.394 e. The van der Waals surface area contributed by atoms with Gasteiger partial charge in [-0.1, -0.05) is 0 Å². The highest BCUT2D eigenvalue weighted by Gasteiger charge is 2.11. The molecule has 0 fully saturated rings. The molecule has 6 heteroatoms. The van der Waals surface area contributed by atoms with E-state index in [1.807, 2.05) is 0 Å². The smallest absolute Gasteiger partial charge is 0.237 e. The van der Waals surface area contributed by atoms with Crippen molar-refractivity contribution in [1.82, 2.24) is 5.32 Å². The zero-order chi connectivity index (χ0) is 11.5. The molecule has 1 atom stereocenters. The van der Waals surface area contributed by atoms with E-state index in [1.165, 1.54) is 0 Å². The van der Waals surface area contributed by atoms with Crippen LogP contribution in [0.3, 0.4) is 0 Å². The molecule has 0 radical (unpaired) electrons. The van der Waals surface area contributed by atoms with Gasteiger partial charge in [0.05, 0.1) is 25.9 Å². The van der Waals surface area contributed by atoms with Crippen LogP contribution in [-0.2, 0) is 14.3 Å². The quantitative estimate of drug-likeness (QED) is 0.320. The van der Waals surface area contributed by atoms with Crippen LogP contribution in [0.25, 0.3) is 0 Å². The van der Waals surface area contributed by atoms with E-state index < -0.39 is 6.04 Å². The Morgan fingerprint density at radius 3 is 2.87 bits per heavy atom. The molecule has 15 heavy (non-hydrogen) atoms. The van der Waals surface area contributed by atoms with Crippen LogP contribution in [0.5, 0.6) is 0 Å². The highest BCUT2D eigenvalue weighted by atomic mass is 16.5. The molecule has 4 N–H and O–H groups in total. The van der Waals surface area contributed by atoms with Crippen molar-refractivity contribution in [2.75, 3.05) is 26.4 Å². The van der Waals surface area contributed by atoms with Gasteiger partial charge in [0, 0.05) is 13.0 Å². The van der Waals surface area contributed by atoms with E-state index in [0.29, 0.717) is 19.6 Å². The lowest BCUT2D eigenvalue weighted by atomic mass is 10.1. The summed E-state index contributed by atoms with van der Waals surface area (Å²) in [5.41, 5.74) is 5.49. The van der Waals surface area contributed by atoms with E-state index in [-0.39, 0.29) is 25.5 Å². The first-order chi connectivity index (χ1) is 7.22. The SMILES string of the molecule is NC(CCC=O)C(=O)NCCOCCO. The van der Waals surface area contributed by atoms with Gasteiger partial charge in [-0.3, -0.25) is 4.79 Å². The van der Waals surface area contributed by atoms with Gasteiger partial charge in [-0.05, 0) is 6.42 Å². The van der Waals surface area contributed by atoms with E-state index in [4.69, 9.17) is 15.6 Å². The number of rotatable bonds is 9. The van der Waals surface area contributed by atoms with Gasteiger partial charge in [-0.15, -0.1) is 0 Å². The molecule has 0 aromatic rings. The Balaban J connectivity index is 3.42. The molecule has 0 rings (SSSR count). The Kier molecular flexibility index (Phi) is 8.95. The van der Waals surface area contributed by atoms with Crippen LogP contribution in [0.2, 0.25) is 0 Å². The van der Waals surface area contributed by atoms with Gasteiger partial charge in [0.2, 0.25) is 5.91 Å². The number of aliphatic hydroxyl groups excluding tert-OH is 1. The fourth-order valence-electron chi connectivity index (χ4n) is 0.923. The number of ether oxygens (including phenoxy) is 1. The van der Waals surface area contributed by atoms with Crippen LogP contribution in [-0.4, -0.2) is 49.7 Å². The first-order valence-electron chi connectivity index (χ1n) is 4.88. The van der Waals surface area contributed by atoms with Crippen molar-refractivity contribution in [2.45, 2.75) is 18.9 Å². The zero-order valence-electron chi connectivity index (χ0n) is 8.65. The number of carbonyl (C=O) groups excluding carboxylic acids is 2. The Labute approximate surface area is 88.8 Å². The van der Waals surface area contributed by atoms with Gasteiger partial charge in [-0.2, -0.15) is 0 Å². The lowest BCUT2D eigenvalue weighted by Gasteiger charge is -2.10. The lowest BCUT2D eigenvalue weighted by molar-refractivity contribution is -0.122. The van der Waals surface area contributed by atoms with E-state index in [0.717, 1.165) is 6.29 Å². The van der Waals surface area contributed by atoms with Crippen molar-refractivity contribution in [2.24, 2.45) is 5.73 Å². The molecule has 0 aliphatic heterocycles. The molecule has 1 unspecified atom stereocenters. The lowest BCUT2D eigenvalue weighted by Crippen LogP contribution is -2.41. The summed E-state index contributed by atoms with van der Waals surface area (Å²) in [7, 11) is 0. The Hall–Kier alpha value is -0.980. The molecule has 88 valence electrons. The molecule has 0 aromatic carbocycles. The topological polar surface area (TPSA) is 102 Å². The predicted molar refractivity (Wildman–Crippen MR) is 54.2 cm³/mol. The van der Waals surface area contributed by atoms with Crippen molar-refractivity contribution in [1.29, 1.82) is 0 Å². The van der Waals surface area contributed by atoms with Crippen LogP contribution in [0.15, 0.2) is 0 Å². The second kappa shape index (κ2) is 9.57. The number of carbonyl (C=O) groups is 2. The molecule has 0 aromatic heterocycles. The van der Waals surface area contributed by atoms with Crippen LogP contribution in [0, 0.1) is 0 Å². The minimum atomic E-state index is -0.645. The summed E-state index contributed by atoms with van der Waals surface area (Å²) < 4.78 is 4.93. The molecular weight excluding hydrogens is 200 g/mol. The van der Waals surface area contributed by atoms with Gasteiger partial charge < -0.3 is 25.7 Å². The molecule has 0 saturated heterocycles. The third-order valence-corrected chi connectivity index (χ3v) is 1.71. The van der Waals surface area contributed by atoms with Gasteiger partial charge >= 0.3 is 0 Å². The minimum absolute atomic E-state index is 0.0349. The van der Waals surface area contributed by atoms with E-state index >= 15 is 0 Å². The number of amides is 1. The highest BCUT2D eigenvalue weighted by molar-refractivity contribution is 5.81. The summed E-state index contributed by atoms with van der Waals surface area (Å²) in [6, 6.07) is -0.645. The molecule has 0 spiro atoms. The number of nitrogens with two attached hydrogens (primary N) is 1. The fraction of sp³-hybridized carbons (Fsp3) is 0.778. The monoisotopic (exact) mass is 218 g/mol. The molecular formula is C9H18N2O4. The fourth-order valence-corrected chi connectivity index (χ4v) is 0.923. The third-order valence-electron chi connectivity index (χ3n) is 1.71. The molecule has 6 nitrogen and oxygen atoms in total. The highest BCUT2D eigenvalue weighted by Crippen LogP contribution is 1.91. The number of nitrogens with one attached hydrogen (secondary N) is 1. The molecule has 0 heterocycles. The summed E-state index contributed by atoms with van der Waals surface area (Å²) in [4.78, 5) is 21.3. The second-order valence-electron chi connectivity index (χ2n) is 2.98. The Morgan fingerprint density at radius 2 is 2.27 bits per heavy atom. The Morgan fingerprint density at radius 1 is 1.53 bits per heavy atom. The van der Waals surface area contributed by atoms with Crippen molar-refractivity contribution in [3.63, 3.8) is 0 Å². The number of hydrogen-bond donors (Lipinski definition) is 3. The van der Waals surface area contributed by atoms with Crippen molar-refractivity contribution >= 4 is 12.2 Å². The van der Waals surface area contributed by atoms with Gasteiger partial charge in [-0.25, -0.2) is 0 Å². The van der Waals surface area contributed by atoms with Crippen molar-refractivity contribution in [3.8, 4) is 0 Å². The van der Waals surface area contributed by atoms with E-state index in [1.54, 1.807) is 0 Å². The van der Waals surface area contributed by atoms with Crippen LogP contribution in [0.4, 0.5) is 0 Å². The number of aldehydes is 1. The first-order valence-corrected chi connectivity index (χ1v) is 4.88. The summed E-state index contributed by atoms with van der Waals surface area (Å²) >= 11 is 0. The van der Waals surface area contributed by atoms with Crippen LogP contribution < -0.4 is 11.1 Å². The summed E-state index contributed by atoms with van der Waals surface area (Å²) in [6.07, 6.45) is 1.37. The largest absolute Gasteiger partial charge is 0.394 e. The summed E-state index contributed by atoms with van der Waals surface area (Å²) in [6.45, 7) is 0.917. The van der Waals surface area contributed by atoms with Gasteiger partial charge in [0.15, 0.2) is 0 Å². The van der Waals surface area contributed by atoms with Gasteiger partial charge in [0.1, 0.15) is 6.29 Å². The van der Waals surface area contributed by atoms with Crippen molar-refractivity contribution < 1.29 is 19.4 Å². The molecule has 0 aliphatic rings. The zero-order valence-corrected chi connectivity index (χ0v) is 8.65. The third kappa shape index (κ3) is 8.04. The second-order valence-corrected chi connectivity index (χ2v) is 2.98.